The number of thioether (sulfide) groups is 1. The van der Waals surface area contributed by atoms with Crippen LogP contribution >= 0.6 is 11.8 Å². The predicted octanol–water partition coefficient (Wildman–Crippen LogP) is 9.34. The summed E-state index contributed by atoms with van der Waals surface area (Å²) >= 11 is 1.52. The fourth-order valence-corrected chi connectivity index (χ4v) is 5.80. The summed E-state index contributed by atoms with van der Waals surface area (Å²) in [5, 5.41) is 5.60. The molecule has 2 aliphatic heterocycles. The summed E-state index contributed by atoms with van der Waals surface area (Å²) in [4.78, 5) is 23.0. The Morgan fingerprint density at radius 1 is 0.578 bits per heavy atom. The van der Waals surface area contributed by atoms with Gasteiger partial charge < -0.3 is 10.6 Å². The first-order valence-corrected chi connectivity index (χ1v) is 14.9. The molecule has 45 heavy (non-hydrogen) atoms. The molecule has 0 radical (unpaired) electrons. The van der Waals surface area contributed by atoms with Crippen molar-refractivity contribution in [2.75, 3.05) is 16.4 Å². The highest BCUT2D eigenvalue weighted by Crippen LogP contribution is 2.36. The summed E-state index contributed by atoms with van der Waals surface area (Å²) in [6.45, 7) is 0. The fourth-order valence-electron chi connectivity index (χ4n) is 4.99. The molecule has 0 atom stereocenters. The van der Waals surface area contributed by atoms with Gasteiger partial charge in [-0.05, 0) is 94.8 Å². The molecule has 4 nitrogen and oxygen atoms in total. The highest BCUT2D eigenvalue weighted by Gasteiger charge is 2.34. The lowest BCUT2D eigenvalue weighted by atomic mass is 9.98. The van der Waals surface area contributed by atoms with Crippen LogP contribution in [0.5, 0.6) is 0 Å². The Hall–Kier alpha value is -4.32. The van der Waals surface area contributed by atoms with Crippen LogP contribution in [0, 0.1) is 5.82 Å². The van der Waals surface area contributed by atoms with Crippen LogP contribution in [0.1, 0.15) is 35.1 Å². The van der Waals surface area contributed by atoms with Crippen molar-refractivity contribution in [1.29, 1.82) is 0 Å². The Kier molecular flexibility index (Phi) is 9.24. The van der Waals surface area contributed by atoms with Crippen LogP contribution in [-0.2, 0) is 34.1 Å². The number of benzene rings is 4. The molecule has 0 fully saturated rings. The number of nitrogens with one attached hydrogen (secondary N) is 2. The van der Waals surface area contributed by atoms with Gasteiger partial charge >= 0.3 is 12.4 Å². The average molecular weight is 647 g/mol. The molecule has 0 unspecified atom stereocenters. The van der Waals surface area contributed by atoms with Crippen LogP contribution in [0.2, 0.25) is 0 Å². The van der Waals surface area contributed by atoms with Crippen LogP contribution in [0.25, 0.3) is 22.3 Å². The Morgan fingerprint density at radius 2 is 1.13 bits per heavy atom. The van der Waals surface area contributed by atoms with Gasteiger partial charge in [0.1, 0.15) is 5.82 Å². The first kappa shape index (κ1) is 32.1. The molecule has 234 valence electrons. The summed E-state index contributed by atoms with van der Waals surface area (Å²) in [6, 6.07) is 18.6. The first-order valence-electron chi connectivity index (χ1n) is 13.8. The Balaban J connectivity index is 0.000000178. The molecule has 2 heterocycles. The first-order chi connectivity index (χ1) is 21.3. The number of fused-ring (bicyclic) bond motifs is 2. The largest absolute Gasteiger partial charge is 0.419 e. The summed E-state index contributed by atoms with van der Waals surface area (Å²) in [7, 11) is 0. The van der Waals surface area contributed by atoms with E-state index in [0.717, 1.165) is 52.2 Å². The minimum Gasteiger partial charge on any atom is -0.326 e. The van der Waals surface area contributed by atoms with Crippen molar-refractivity contribution in [3.63, 3.8) is 0 Å². The SMILES string of the molecule is O=C1CCCc2cc(-c3ccc(C(F)(F)F)c(F)c3)ccc2N1.O=C1CSCc2cc(-c3ccc(C(F)(F)F)cc3)ccc2N1. The van der Waals surface area contributed by atoms with E-state index in [0.29, 0.717) is 47.6 Å². The average Bonchev–Trinajstić information content (AvgIpc) is 3.29. The van der Waals surface area contributed by atoms with Crippen molar-refractivity contribution in [3.8, 4) is 22.3 Å². The van der Waals surface area contributed by atoms with Crippen molar-refractivity contribution < 1.29 is 40.3 Å². The molecule has 4 aromatic rings. The van der Waals surface area contributed by atoms with E-state index in [9.17, 15) is 40.3 Å². The van der Waals surface area contributed by atoms with Gasteiger partial charge in [0.15, 0.2) is 0 Å². The Morgan fingerprint density at radius 3 is 1.78 bits per heavy atom. The molecule has 0 spiro atoms. The van der Waals surface area contributed by atoms with Gasteiger partial charge in [-0.3, -0.25) is 9.59 Å². The van der Waals surface area contributed by atoms with E-state index in [1.54, 1.807) is 30.3 Å². The van der Waals surface area contributed by atoms with Crippen LogP contribution in [0.15, 0.2) is 78.9 Å². The van der Waals surface area contributed by atoms with Crippen molar-refractivity contribution in [3.05, 3.63) is 107 Å². The molecule has 0 saturated heterocycles. The third kappa shape index (κ3) is 7.86. The third-order valence-corrected chi connectivity index (χ3v) is 8.23. The molecular formula is C33H25F7N2O2S. The number of anilines is 2. The van der Waals surface area contributed by atoms with Crippen LogP contribution in [-0.4, -0.2) is 17.6 Å². The fraction of sp³-hybridized carbons (Fsp3) is 0.212. The van der Waals surface area contributed by atoms with Gasteiger partial charge in [0.05, 0.1) is 16.9 Å². The zero-order valence-electron chi connectivity index (χ0n) is 23.4. The Bertz CT molecular complexity index is 1740. The minimum absolute atomic E-state index is 0.0361. The monoisotopic (exact) mass is 646 g/mol. The maximum absolute atomic E-state index is 13.7. The van der Waals surface area contributed by atoms with E-state index in [4.69, 9.17) is 0 Å². The molecule has 6 rings (SSSR count). The number of rotatable bonds is 2. The lowest BCUT2D eigenvalue weighted by Crippen LogP contribution is -2.12. The highest BCUT2D eigenvalue weighted by atomic mass is 32.2. The van der Waals surface area contributed by atoms with Crippen molar-refractivity contribution in [2.24, 2.45) is 0 Å². The molecule has 2 amide bonds. The van der Waals surface area contributed by atoms with E-state index >= 15 is 0 Å². The lowest BCUT2D eigenvalue weighted by Gasteiger charge is -2.12. The van der Waals surface area contributed by atoms with Gasteiger partial charge in [0.2, 0.25) is 11.8 Å². The summed E-state index contributed by atoms with van der Waals surface area (Å²) in [6.07, 6.45) is -7.22. The quantitative estimate of drug-likeness (QED) is 0.214. The van der Waals surface area contributed by atoms with Gasteiger partial charge in [0.25, 0.3) is 0 Å². The smallest absolute Gasteiger partial charge is 0.326 e. The number of carbonyl (C=O) groups is 2. The second-order valence-corrected chi connectivity index (χ2v) is 11.4. The number of aryl methyl sites for hydroxylation is 1. The zero-order valence-corrected chi connectivity index (χ0v) is 24.2. The standard InChI is InChI=1S/C17H13F4NO.C16H12F3NOS/c18-14-9-11(4-6-13(14)17(19,20)21)10-5-7-15-12(8-10)2-1-3-16(23)22-15;17-16(18,19)13-4-1-10(2-5-13)11-3-6-14-12(7-11)8-22-9-15(21)20-14/h4-9H,1-3H2,(H,22,23);1-7H,8-9H2,(H,20,21). The van der Waals surface area contributed by atoms with Crippen LogP contribution in [0.3, 0.4) is 0 Å². The van der Waals surface area contributed by atoms with Gasteiger partial charge in [-0.2, -0.15) is 26.3 Å². The zero-order chi connectivity index (χ0) is 32.4. The number of hydrogen-bond acceptors (Lipinski definition) is 3. The van der Waals surface area contributed by atoms with E-state index in [-0.39, 0.29) is 11.8 Å². The number of hydrogen-bond donors (Lipinski definition) is 2. The van der Waals surface area contributed by atoms with E-state index < -0.39 is 29.3 Å². The second kappa shape index (κ2) is 13.0. The van der Waals surface area contributed by atoms with E-state index in [1.165, 1.54) is 30.0 Å². The van der Waals surface area contributed by atoms with E-state index in [2.05, 4.69) is 10.6 Å². The molecule has 0 saturated carbocycles. The second-order valence-electron chi connectivity index (χ2n) is 10.5. The van der Waals surface area contributed by atoms with Gasteiger partial charge in [-0.1, -0.05) is 30.3 Å². The highest BCUT2D eigenvalue weighted by molar-refractivity contribution is 7.99. The molecule has 0 aromatic heterocycles. The predicted molar refractivity (Wildman–Crippen MR) is 160 cm³/mol. The van der Waals surface area contributed by atoms with Crippen molar-refractivity contribution in [1.82, 2.24) is 0 Å². The summed E-state index contributed by atoms with van der Waals surface area (Å²) in [5.41, 5.74) is 3.95. The van der Waals surface area contributed by atoms with Crippen LogP contribution < -0.4 is 10.6 Å². The molecule has 12 heteroatoms. The Labute approximate surface area is 258 Å². The van der Waals surface area contributed by atoms with Crippen molar-refractivity contribution >= 4 is 35.0 Å². The molecule has 0 bridgehead atoms. The molecule has 4 aromatic carbocycles. The molecule has 2 N–H and O–H groups in total. The van der Waals surface area contributed by atoms with Gasteiger partial charge in [-0.15, -0.1) is 11.8 Å². The molecule has 2 aliphatic rings. The maximum Gasteiger partial charge on any atom is 0.419 e. The number of halogens is 7. The van der Waals surface area contributed by atoms with Crippen molar-refractivity contribution in [2.45, 2.75) is 37.4 Å². The topological polar surface area (TPSA) is 58.2 Å². The van der Waals surface area contributed by atoms with Gasteiger partial charge in [0, 0.05) is 23.5 Å². The minimum atomic E-state index is -4.71. The van der Waals surface area contributed by atoms with Crippen LogP contribution in [0.4, 0.5) is 42.1 Å². The lowest BCUT2D eigenvalue weighted by molar-refractivity contribution is -0.140. The third-order valence-electron chi connectivity index (χ3n) is 7.25. The van der Waals surface area contributed by atoms with Gasteiger partial charge in [-0.25, -0.2) is 4.39 Å². The van der Waals surface area contributed by atoms with E-state index in [1.807, 2.05) is 6.07 Å². The normalized spacial score (nSPS) is 14.9. The molecule has 0 aliphatic carbocycles. The number of amides is 2. The molecular weight excluding hydrogens is 621 g/mol. The number of carbonyl (C=O) groups excluding carboxylic acids is 2. The maximum atomic E-state index is 13.7. The summed E-state index contributed by atoms with van der Waals surface area (Å²) in [5.74, 6) is -0.284. The summed E-state index contributed by atoms with van der Waals surface area (Å²) < 4.78 is 89.3. The number of alkyl halides is 6.